The van der Waals surface area contributed by atoms with Crippen LogP contribution < -0.4 is 16.5 Å². The summed E-state index contributed by atoms with van der Waals surface area (Å²) >= 11 is 1.22. The quantitative estimate of drug-likeness (QED) is 0.496. The van der Waals surface area contributed by atoms with Crippen LogP contribution in [0.2, 0.25) is 0 Å². The zero-order chi connectivity index (χ0) is 20.1. The van der Waals surface area contributed by atoms with Gasteiger partial charge in [-0.2, -0.15) is 0 Å². The van der Waals surface area contributed by atoms with Gasteiger partial charge in [0.15, 0.2) is 5.78 Å². The van der Waals surface area contributed by atoms with Crippen LogP contribution in [-0.4, -0.2) is 21.9 Å². The maximum Gasteiger partial charge on any atom is 0.267 e. The molecule has 1 aromatic carbocycles. The van der Waals surface area contributed by atoms with E-state index in [-0.39, 0.29) is 17.1 Å². The first-order chi connectivity index (χ1) is 13.3. The lowest BCUT2D eigenvalue weighted by Crippen LogP contribution is -2.27. The molecule has 4 rings (SSSR count). The van der Waals surface area contributed by atoms with Crippen LogP contribution in [0, 0.1) is 5.41 Å². The fraction of sp³-hybridized carbons (Fsp3) is 0.250. The number of fused-ring (bicyclic) bond motifs is 2. The van der Waals surface area contributed by atoms with Gasteiger partial charge in [0.05, 0.1) is 17.1 Å². The fourth-order valence-corrected chi connectivity index (χ4v) is 4.48. The van der Waals surface area contributed by atoms with E-state index >= 15 is 0 Å². The molecule has 1 aliphatic rings. The number of Topliss-reactive ketones (excluding diaryl/α,β-unsaturated/α-hetero) is 1. The number of aromatic nitrogens is 1. The van der Waals surface area contributed by atoms with Crippen LogP contribution in [-0.2, 0) is 6.42 Å². The molecule has 144 valence electrons. The number of thiophene rings is 1. The molecule has 0 unspecified atom stereocenters. The number of nitrogens with one attached hydrogen (secondary N) is 2. The zero-order valence-corrected chi connectivity index (χ0v) is 16.3. The van der Waals surface area contributed by atoms with Crippen molar-refractivity contribution in [2.45, 2.75) is 26.7 Å². The number of nitrogen functional groups attached to an aromatic ring is 1. The lowest BCUT2D eigenvalue weighted by atomic mass is 9.75. The Hall–Kier alpha value is -2.97. The van der Waals surface area contributed by atoms with Gasteiger partial charge in [-0.3, -0.25) is 20.3 Å². The zero-order valence-electron chi connectivity index (χ0n) is 15.5. The summed E-state index contributed by atoms with van der Waals surface area (Å²) in [6.45, 7) is 4.11. The molecule has 1 amide bonds. The van der Waals surface area contributed by atoms with Gasteiger partial charge in [-0.05, 0) is 42.2 Å². The lowest BCUT2D eigenvalue weighted by Gasteiger charge is -2.29. The molecule has 7 nitrogen and oxygen atoms in total. The summed E-state index contributed by atoms with van der Waals surface area (Å²) in [5, 5.41) is 12.3. The first kappa shape index (κ1) is 18.4. The molecular formula is C20H20N4O3S. The number of nitrogens with zero attached hydrogens (tertiary/aromatic N) is 1. The van der Waals surface area contributed by atoms with Crippen LogP contribution in [0.5, 0.6) is 0 Å². The van der Waals surface area contributed by atoms with Crippen molar-refractivity contribution in [3.05, 3.63) is 46.5 Å². The summed E-state index contributed by atoms with van der Waals surface area (Å²) in [6.07, 6.45) is 1.19. The third kappa shape index (κ3) is 3.21. The first-order valence-corrected chi connectivity index (χ1v) is 9.66. The van der Waals surface area contributed by atoms with Gasteiger partial charge in [-0.25, -0.2) is 4.98 Å². The number of hydrogen-bond donors (Lipinski definition) is 4. The molecule has 2 aromatic heterocycles. The minimum atomic E-state index is -0.338. The molecule has 5 N–H and O–H groups in total. The van der Waals surface area contributed by atoms with E-state index in [1.165, 1.54) is 11.3 Å². The summed E-state index contributed by atoms with van der Waals surface area (Å²) in [5.41, 5.74) is 10.9. The number of anilines is 3. The number of rotatable bonds is 3. The van der Waals surface area contributed by atoms with Crippen LogP contribution in [0.1, 0.15) is 46.0 Å². The molecule has 8 heteroatoms. The lowest BCUT2D eigenvalue weighted by molar-refractivity contribution is 0.0910. The molecule has 0 radical (unpaired) electrons. The molecule has 0 saturated carbocycles. The van der Waals surface area contributed by atoms with Gasteiger partial charge in [0.1, 0.15) is 9.71 Å². The second-order valence-corrected chi connectivity index (χ2v) is 8.76. The number of amides is 1. The number of ketones is 1. The highest BCUT2D eigenvalue weighted by atomic mass is 32.1. The molecule has 0 spiro atoms. The summed E-state index contributed by atoms with van der Waals surface area (Å²) in [4.78, 5) is 30.9. The smallest absolute Gasteiger partial charge is 0.267 e. The minimum Gasteiger partial charge on any atom is -0.397 e. The van der Waals surface area contributed by atoms with Gasteiger partial charge < -0.3 is 11.1 Å². The van der Waals surface area contributed by atoms with Crippen LogP contribution in [0.15, 0.2) is 30.3 Å². The van der Waals surface area contributed by atoms with E-state index < -0.39 is 0 Å². The van der Waals surface area contributed by atoms with Crippen molar-refractivity contribution in [1.82, 2.24) is 4.98 Å². The number of carbonyl (C=O) groups is 2. The Morgan fingerprint density at radius 3 is 2.57 bits per heavy atom. The highest BCUT2D eigenvalue weighted by Crippen LogP contribution is 2.39. The summed E-state index contributed by atoms with van der Waals surface area (Å²) in [7, 11) is 0. The predicted molar refractivity (Wildman–Crippen MR) is 110 cm³/mol. The van der Waals surface area contributed by atoms with Crippen LogP contribution >= 0.6 is 11.3 Å². The van der Waals surface area contributed by atoms with Crippen molar-refractivity contribution in [1.29, 1.82) is 0 Å². The highest BCUT2D eigenvalue weighted by Gasteiger charge is 2.33. The van der Waals surface area contributed by atoms with Crippen LogP contribution in [0.3, 0.4) is 0 Å². The van der Waals surface area contributed by atoms with E-state index in [0.29, 0.717) is 50.6 Å². The molecule has 0 saturated heterocycles. The number of nitrogens with two attached hydrogens (primary N) is 1. The molecule has 1 aliphatic carbocycles. The average Bonchev–Trinajstić information content (AvgIpc) is 2.96. The van der Waals surface area contributed by atoms with Crippen molar-refractivity contribution in [3.8, 4) is 0 Å². The second-order valence-electron chi connectivity index (χ2n) is 7.76. The molecule has 0 aliphatic heterocycles. The van der Waals surface area contributed by atoms with E-state index in [9.17, 15) is 9.59 Å². The van der Waals surface area contributed by atoms with Crippen molar-refractivity contribution >= 4 is 50.3 Å². The third-order valence-electron chi connectivity index (χ3n) is 4.86. The average molecular weight is 396 g/mol. The monoisotopic (exact) mass is 396 g/mol. The topological polar surface area (TPSA) is 117 Å². The minimum absolute atomic E-state index is 0.0647. The van der Waals surface area contributed by atoms with Crippen LogP contribution in [0.4, 0.5) is 17.1 Å². The largest absolute Gasteiger partial charge is 0.397 e. The Bertz CT molecular complexity index is 1100. The van der Waals surface area contributed by atoms with E-state index in [4.69, 9.17) is 10.9 Å². The van der Waals surface area contributed by atoms with Gasteiger partial charge in [0.25, 0.3) is 5.91 Å². The Balaban J connectivity index is 1.69. The third-order valence-corrected chi connectivity index (χ3v) is 5.98. The molecule has 2 heterocycles. The van der Waals surface area contributed by atoms with E-state index in [2.05, 4.69) is 24.1 Å². The predicted octanol–water partition coefficient (Wildman–Crippen LogP) is 4.09. The summed E-state index contributed by atoms with van der Waals surface area (Å²) in [6, 6.07) is 8.37. The van der Waals surface area contributed by atoms with E-state index in [0.717, 1.165) is 5.69 Å². The number of carbonyl (C=O) groups excluding carboxylic acids is 2. The maximum atomic E-state index is 12.7. The maximum absolute atomic E-state index is 12.7. The van der Waals surface area contributed by atoms with Gasteiger partial charge in [-0.15, -0.1) is 11.3 Å². The van der Waals surface area contributed by atoms with Gasteiger partial charge in [0.2, 0.25) is 0 Å². The normalized spacial score (nSPS) is 15.3. The second kappa shape index (κ2) is 6.57. The van der Waals surface area contributed by atoms with Crippen LogP contribution in [0.25, 0.3) is 10.2 Å². The molecule has 0 fully saturated rings. The van der Waals surface area contributed by atoms with Gasteiger partial charge >= 0.3 is 0 Å². The standard InChI is InChI=1S/C20H20N4O3S/c1-20(2)8-14-12(15(25)9-20)7-13-16(21)17(28-19(13)23-14)18(26)22-10-3-5-11(24-27)6-4-10/h3-7,24,27H,8-9,21H2,1-2H3,(H,22,26). The Morgan fingerprint density at radius 1 is 1.21 bits per heavy atom. The van der Waals surface area contributed by atoms with E-state index in [1.54, 1.807) is 30.3 Å². The molecule has 0 atom stereocenters. The molecule has 28 heavy (non-hydrogen) atoms. The number of hydrogen-bond acceptors (Lipinski definition) is 7. The molecule has 0 bridgehead atoms. The number of benzene rings is 1. The fourth-order valence-electron chi connectivity index (χ4n) is 3.48. The van der Waals surface area contributed by atoms with E-state index in [1.807, 2.05) is 5.48 Å². The summed E-state index contributed by atoms with van der Waals surface area (Å²) in [5.74, 6) is -0.273. The van der Waals surface area contributed by atoms with Crippen molar-refractivity contribution in [3.63, 3.8) is 0 Å². The SMILES string of the molecule is CC1(C)CC(=O)c2cc3c(N)c(C(=O)Nc4ccc(NO)cc4)sc3nc2C1. The Morgan fingerprint density at radius 2 is 1.89 bits per heavy atom. The molecule has 3 aromatic rings. The number of pyridine rings is 1. The Labute approximate surface area is 165 Å². The van der Waals surface area contributed by atoms with Gasteiger partial charge in [0, 0.05) is 23.1 Å². The van der Waals surface area contributed by atoms with Crippen molar-refractivity contribution in [2.24, 2.45) is 5.41 Å². The Kier molecular flexibility index (Phi) is 4.32. The molecular weight excluding hydrogens is 376 g/mol. The van der Waals surface area contributed by atoms with Gasteiger partial charge in [-0.1, -0.05) is 13.8 Å². The van der Waals surface area contributed by atoms with Crippen molar-refractivity contribution in [2.75, 3.05) is 16.5 Å². The van der Waals surface area contributed by atoms with Crippen molar-refractivity contribution < 1.29 is 14.8 Å². The first-order valence-electron chi connectivity index (χ1n) is 8.84. The highest BCUT2D eigenvalue weighted by molar-refractivity contribution is 7.21. The summed E-state index contributed by atoms with van der Waals surface area (Å²) < 4.78 is 0.